The molecule has 1 rings (SSSR count). The minimum atomic E-state index is -0.491. The highest BCUT2D eigenvalue weighted by molar-refractivity contribution is 5.13. The van der Waals surface area contributed by atoms with Crippen LogP contribution in [0.3, 0.4) is 0 Å². The molecule has 4 heteroatoms. The molecular formula is C15H25NO3. The number of hydrogen-bond acceptors (Lipinski definition) is 4. The predicted molar refractivity (Wildman–Crippen MR) is 76.1 cm³/mol. The predicted octanol–water partition coefficient (Wildman–Crippen LogP) is 1.58. The second kappa shape index (κ2) is 9.92. The summed E-state index contributed by atoms with van der Waals surface area (Å²) in [5.41, 5.74) is 1.12. The van der Waals surface area contributed by atoms with Crippen molar-refractivity contribution in [2.45, 2.75) is 32.1 Å². The van der Waals surface area contributed by atoms with Gasteiger partial charge in [0.15, 0.2) is 0 Å². The molecule has 0 amide bonds. The molecule has 0 fully saturated rings. The summed E-state index contributed by atoms with van der Waals surface area (Å²) >= 11 is 0. The van der Waals surface area contributed by atoms with Gasteiger partial charge in [-0.3, -0.25) is 0 Å². The highest BCUT2D eigenvalue weighted by atomic mass is 16.5. The van der Waals surface area contributed by atoms with E-state index in [0.717, 1.165) is 12.0 Å². The van der Waals surface area contributed by atoms with Crippen LogP contribution in [0.1, 0.15) is 18.9 Å². The molecule has 0 aromatic heterocycles. The first-order chi connectivity index (χ1) is 9.26. The molecule has 0 bridgehead atoms. The molecule has 108 valence electrons. The maximum atomic E-state index is 9.81. The van der Waals surface area contributed by atoms with Crippen LogP contribution >= 0.6 is 0 Å². The summed E-state index contributed by atoms with van der Waals surface area (Å²) in [6.45, 7) is 4.15. The van der Waals surface area contributed by atoms with Crippen LogP contribution < -0.4 is 5.32 Å². The lowest BCUT2D eigenvalue weighted by molar-refractivity contribution is 0.0258. The molecule has 0 heterocycles. The van der Waals surface area contributed by atoms with Gasteiger partial charge in [0.1, 0.15) is 0 Å². The van der Waals surface area contributed by atoms with Crippen molar-refractivity contribution in [3.8, 4) is 0 Å². The zero-order valence-corrected chi connectivity index (χ0v) is 11.8. The van der Waals surface area contributed by atoms with Gasteiger partial charge in [-0.15, -0.1) is 0 Å². The van der Waals surface area contributed by atoms with Crippen LogP contribution in [-0.4, -0.2) is 44.1 Å². The summed E-state index contributed by atoms with van der Waals surface area (Å²) < 4.78 is 10.6. The molecule has 0 aliphatic rings. The second-order valence-corrected chi connectivity index (χ2v) is 4.62. The summed E-state index contributed by atoms with van der Waals surface area (Å²) in [4.78, 5) is 0. The maximum Gasteiger partial charge on any atom is 0.0897 e. The Balaban J connectivity index is 2.12. The fourth-order valence-electron chi connectivity index (χ4n) is 1.77. The van der Waals surface area contributed by atoms with Crippen molar-refractivity contribution in [2.75, 3.05) is 26.9 Å². The molecule has 4 nitrogen and oxygen atoms in total. The van der Waals surface area contributed by atoms with Gasteiger partial charge in [0, 0.05) is 19.7 Å². The van der Waals surface area contributed by atoms with Gasteiger partial charge in [0.25, 0.3) is 0 Å². The normalized spacial score (nSPS) is 14.3. The van der Waals surface area contributed by atoms with E-state index >= 15 is 0 Å². The summed E-state index contributed by atoms with van der Waals surface area (Å²) in [6.07, 6.45) is 0.487. The van der Waals surface area contributed by atoms with Crippen molar-refractivity contribution in [3.63, 3.8) is 0 Å². The van der Waals surface area contributed by atoms with Crippen molar-refractivity contribution in [1.82, 2.24) is 5.32 Å². The first-order valence-corrected chi connectivity index (χ1v) is 6.78. The molecule has 0 saturated heterocycles. The van der Waals surface area contributed by atoms with E-state index in [1.807, 2.05) is 30.3 Å². The third-order valence-electron chi connectivity index (χ3n) is 2.92. The van der Waals surface area contributed by atoms with Gasteiger partial charge in [-0.05, 0) is 12.0 Å². The molecule has 2 unspecified atom stereocenters. The van der Waals surface area contributed by atoms with Crippen molar-refractivity contribution in [2.24, 2.45) is 0 Å². The van der Waals surface area contributed by atoms with Gasteiger partial charge >= 0.3 is 0 Å². The van der Waals surface area contributed by atoms with E-state index in [1.165, 1.54) is 0 Å². The van der Waals surface area contributed by atoms with Crippen molar-refractivity contribution < 1.29 is 14.6 Å². The van der Waals surface area contributed by atoms with Gasteiger partial charge in [0.2, 0.25) is 0 Å². The Kier molecular flexibility index (Phi) is 8.41. The van der Waals surface area contributed by atoms with Crippen LogP contribution in [0.15, 0.2) is 30.3 Å². The highest BCUT2D eigenvalue weighted by Crippen LogP contribution is 2.01. The zero-order chi connectivity index (χ0) is 13.9. The van der Waals surface area contributed by atoms with Gasteiger partial charge in [-0.1, -0.05) is 37.3 Å². The Hall–Kier alpha value is -0.940. The zero-order valence-electron chi connectivity index (χ0n) is 11.8. The number of aliphatic hydroxyl groups excluding tert-OH is 1. The number of benzene rings is 1. The fourth-order valence-corrected chi connectivity index (χ4v) is 1.77. The highest BCUT2D eigenvalue weighted by Gasteiger charge is 2.09. The summed E-state index contributed by atoms with van der Waals surface area (Å²) in [7, 11) is 1.68. The first kappa shape index (κ1) is 16.1. The Labute approximate surface area is 115 Å². The molecular weight excluding hydrogens is 242 g/mol. The van der Waals surface area contributed by atoms with Gasteiger partial charge in [-0.25, -0.2) is 0 Å². The van der Waals surface area contributed by atoms with Crippen LogP contribution in [0.25, 0.3) is 0 Å². The molecule has 0 aliphatic heterocycles. The van der Waals surface area contributed by atoms with Crippen LogP contribution in [0.2, 0.25) is 0 Å². The van der Waals surface area contributed by atoms with Crippen LogP contribution in [-0.2, 0) is 16.1 Å². The summed E-state index contributed by atoms with van der Waals surface area (Å²) in [5, 5.41) is 13.1. The molecule has 0 saturated carbocycles. The van der Waals surface area contributed by atoms with E-state index in [4.69, 9.17) is 9.47 Å². The van der Waals surface area contributed by atoms with E-state index in [2.05, 4.69) is 12.2 Å². The molecule has 1 aromatic carbocycles. The quantitative estimate of drug-likeness (QED) is 0.676. The maximum absolute atomic E-state index is 9.81. The SMILES string of the molecule is CCC(COC)NCC(O)COCc1ccccc1. The van der Waals surface area contributed by atoms with E-state index in [-0.39, 0.29) is 6.04 Å². The van der Waals surface area contributed by atoms with E-state index in [0.29, 0.717) is 26.4 Å². The standard InChI is InChI=1S/C15H25NO3/c1-3-14(11-18-2)16-9-15(17)12-19-10-13-7-5-4-6-8-13/h4-8,14-17H,3,9-12H2,1-2H3. The molecule has 2 atom stereocenters. The minimum absolute atomic E-state index is 0.286. The fraction of sp³-hybridized carbons (Fsp3) is 0.600. The van der Waals surface area contributed by atoms with Crippen LogP contribution in [0.4, 0.5) is 0 Å². The van der Waals surface area contributed by atoms with E-state index in [9.17, 15) is 5.11 Å². The second-order valence-electron chi connectivity index (χ2n) is 4.62. The molecule has 0 radical (unpaired) electrons. The molecule has 0 aliphatic carbocycles. The number of aliphatic hydroxyl groups is 1. The average Bonchev–Trinajstić information content (AvgIpc) is 2.44. The summed E-state index contributed by atoms with van der Waals surface area (Å²) in [5.74, 6) is 0. The Morgan fingerprint density at radius 2 is 1.95 bits per heavy atom. The van der Waals surface area contributed by atoms with Crippen molar-refractivity contribution in [3.05, 3.63) is 35.9 Å². The lowest BCUT2D eigenvalue weighted by atomic mass is 10.2. The van der Waals surface area contributed by atoms with Crippen molar-refractivity contribution >= 4 is 0 Å². The monoisotopic (exact) mass is 267 g/mol. The lowest BCUT2D eigenvalue weighted by Gasteiger charge is -2.18. The average molecular weight is 267 g/mol. The first-order valence-electron chi connectivity index (χ1n) is 6.78. The summed E-state index contributed by atoms with van der Waals surface area (Å²) in [6, 6.07) is 10.2. The van der Waals surface area contributed by atoms with E-state index < -0.39 is 6.10 Å². The Morgan fingerprint density at radius 1 is 1.21 bits per heavy atom. The number of rotatable bonds is 10. The molecule has 1 aromatic rings. The molecule has 0 spiro atoms. The number of methoxy groups -OCH3 is 1. The number of hydrogen-bond donors (Lipinski definition) is 2. The third-order valence-corrected chi connectivity index (χ3v) is 2.92. The Morgan fingerprint density at radius 3 is 2.58 bits per heavy atom. The number of nitrogens with one attached hydrogen (secondary N) is 1. The van der Waals surface area contributed by atoms with Gasteiger partial charge in [-0.2, -0.15) is 0 Å². The smallest absolute Gasteiger partial charge is 0.0897 e. The molecule has 2 N–H and O–H groups in total. The Bertz CT molecular complexity index is 318. The van der Waals surface area contributed by atoms with Gasteiger partial charge < -0.3 is 19.9 Å². The van der Waals surface area contributed by atoms with Gasteiger partial charge in [0.05, 0.1) is 25.9 Å². The number of ether oxygens (including phenoxy) is 2. The van der Waals surface area contributed by atoms with Crippen LogP contribution in [0.5, 0.6) is 0 Å². The van der Waals surface area contributed by atoms with Crippen molar-refractivity contribution in [1.29, 1.82) is 0 Å². The third kappa shape index (κ3) is 7.28. The van der Waals surface area contributed by atoms with Crippen LogP contribution in [0, 0.1) is 0 Å². The largest absolute Gasteiger partial charge is 0.389 e. The molecule has 19 heavy (non-hydrogen) atoms. The minimum Gasteiger partial charge on any atom is -0.389 e. The lowest BCUT2D eigenvalue weighted by Crippen LogP contribution is -2.39. The van der Waals surface area contributed by atoms with E-state index in [1.54, 1.807) is 7.11 Å². The topological polar surface area (TPSA) is 50.7 Å².